The molecule has 6 heteroatoms. The van der Waals surface area contributed by atoms with Crippen LogP contribution >= 0.6 is 0 Å². The average molecular weight is 396 g/mol. The molecule has 1 N–H and O–H groups in total. The fourth-order valence-electron chi connectivity index (χ4n) is 3.23. The van der Waals surface area contributed by atoms with E-state index in [-0.39, 0.29) is 18.2 Å². The number of hydrogen-bond acceptors (Lipinski definition) is 4. The molecule has 1 aliphatic heterocycles. The molecule has 0 saturated carbocycles. The lowest BCUT2D eigenvalue weighted by atomic mass is 10.1. The van der Waals surface area contributed by atoms with Gasteiger partial charge >= 0.3 is 0 Å². The summed E-state index contributed by atoms with van der Waals surface area (Å²) in [6, 6.07) is 17.6. The number of rotatable bonds is 10. The van der Waals surface area contributed by atoms with Gasteiger partial charge in [-0.05, 0) is 37.5 Å². The largest absolute Gasteiger partial charge is 0.479 e. The van der Waals surface area contributed by atoms with Gasteiger partial charge < -0.3 is 19.7 Å². The van der Waals surface area contributed by atoms with Crippen LogP contribution in [0.15, 0.2) is 54.6 Å². The van der Waals surface area contributed by atoms with Crippen LogP contribution < -0.4 is 15.0 Å². The Bertz CT molecular complexity index is 810. The van der Waals surface area contributed by atoms with Crippen molar-refractivity contribution < 1.29 is 19.1 Å². The van der Waals surface area contributed by atoms with Crippen molar-refractivity contribution in [1.29, 1.82) is 0 Å². The fourth-order valence-corrected chi connectivity index (χ4v) is 3.23. The van der Waals surface area contributed by atoms with Crippen molar-refractivity contribution in [3.63, 3.8) is 0 Å². The second-order valence-electron chi connectivity index (χ2n) is 7.02. The lowest BCUT2D eigenvalue weighted by molar-refractivity contribution is -0.125. The van der Waals surface area contributed by atoms with Gasteiger partial charge in [0.15, 0.2) is 6.10 Å². The first-order chi connectivity index (χ1) is 14.1. The maximum absolute atomic E-state index is 12.4. The van der Waals surface area contributed by atoms with Crippen LogP contribution in [0, 0.1) is 0 Å². The van der Waals surface area contributed by atoms with E-state index >= 15 is 0 Å². The Balaban J connectivity index is 1.31. The molecule has 2 amide bonds. The summed E-state index contributed by atoms with van der Waals surface area (Å²) in [6.07, 6.45) is 1.36. The zero-order valence-electron chi connectivity index (χ0n) is 16.8. The van der Waals surface area contributed by atoms with Gasteiger partial charge in [-0.25, -0.2) is 0 Å². The molecule has 0 bridgehead atoms. The van der Waals surface area contributed by atoms with Gasteiger partial charge in [0.1, 0.15) is 5.75 Å². The van der Waals surface area contributed by atoms with E-state index < -0.39 is 6.10 Å². The molecule has 2 aromatic carbocycles. The van der Waals surface area contributed by atoms with E-state index in [0.29, 0.717) is 32.1 Å². The van der Waals surface area contributed by atoms with Crippen molar-refractivity contribution in [3.8, 4) is 5.75 Å². The first kappa shape index (κ1) is 20.9. The molecule has 6 nitrogen and oxygen atoms in total. The molecule has 0 aliphatic carbocycles. The molecular formula is C23H28N2O4. The van der Waals surface area contributed by atoms with Crippen molar-refractivity contribution in [2.45, 2.75) is 32.3 Å². The number of benzene rings is 2. The molecule has 0 aromatic heterocycles. The molecule has 2 aromatic rings. The molecule has 1 unspecified atom stereocenters. The number of para-hydroxylation sites is 2. The first-order valence-corrected chi connectivity index (χ1v) is 10.1. The lowest BCUT2D eigenvalue weighted by Gasteiger charge is -2.32. The topological polar surface area (TPSA) is 67.9 Å². The lowest BCUT2D eigenvalue weighted by Crippen LogP contribution is -2.45. The van der Waals surface area contributed by atoms with E-state index in [9.17, 15) is 9.59 Å². The first-order valence-electron chi connectivity index (χ1n) is 10.1. The number of nitrogens with one attached hydrogen (secondary N) is 1. The molecule has 0 radical (unpaired) electrons. The van der Waals surface area contributed by atoms with Gasteiger partial charge in [-0.1, -0.05) is 42.5 Å². The highest BCUT2D eigenvalue weighted by atomic mass is 16.5. The Morgan fingerprint density at radius 2 is 1.86 bits per heavy atom. The van der Waals surface area contributed by atoms with E-state index in [1.54, 1.807) is 11.8 Å². The maximum Gasteiger partial charge on any atom is 0.267 e. The molecule has 0 saturated heterocycles. The van der Waals surface area contributed by atoms with Crippen molar-refractivity contribution in [1.82, 2.24) is 5.32 Å². The number of carbonyl (C=O) groups excluding carboxylic acids is 2. The summed E-state index contributed by atoms with van der Waals surface area (Å²) in [5, 5.41) is 2.89. The summed E-state index contributed by atoms with van der Waals surface area (Å²) >= 11 is 0. The highest BCUT2D eigenvalue weighted by Gasteiger charge is 2.31. The maximum atomic E-state index is 12.4. The number of anilines is 1. The van der Waals surface area contributed by atoms with Crippen LogP contribution in [0.5, 0.6) is 5.75 Å². The average Bonchev–Trinajstić information content (AvgIpc) is 2.74. The third-order valence-electron chi connectivity index (χ3n) is 4.80. The minimum atomic E-state index is -0.541. The van der Waals surface area contributed by atoms with Crippen LogP contribution in [-0.4, -0.2) is 44.2 Å². The third kappa shape index (κ3) is 6.06. The summed E-state index contributed by atoms with van der Waals surface area (Å²) in [5.74, 6) is 0.481. The summed E-state index contributed by atoms with van der Waals surface area (Å²) in [7, 11) is 0. The molecule has 154 valence electrons. The number of ether oxygens (including phenoxy) is 2. The monoisotopic (exact) mass is 396 g/mol. The zero-order valence-corrected chi connectivity index (χ0v) is 16.8. The highest BCUT2D eigenvalue weighted by molar-refractivity contribution is 6.00. The summed E-state index contributed by atoms with van der Waals surface area (Å²) in [5.41, 5.74) is 1.98. The van der Waals surface area contributed by atoms with Crippen molar-refractivity contribution in [3.05, 3.63) is 60.2 Å². The number of nitrogens with zero attached hydrogens (tertiary/aromatic N) is 1. The minimum Gasteiger partial charge on any atom is -0.479 e. The second-order valence-corrected chi connectivity index (χ2v) is 7.02. The Labute approximate surface area is 171 Å². The van der Waals surface area contributed by atoms with Crippen LogP contribution in [-0.2, 0) is 20.7 Å². The number of fused-ring (bicyclic) bond motifs is 1. The molecule has 3 rings (SSSR count). The summed E-state index contributed by atoms with van der Waals surface area (Å²) < 4.78 is 11.2. The predicted molar refractivity (Wildman–Crippen MR) is 112 cm³/mol. The van der Waals surface area contributed by atoms with Crippen LogP contribution in [0.3, 0.4) is 0 Å². The molecule has 0 fully saturated rings. The van der Waals surface area contributed by atoms with E-state index in [0.717, 1.165) is 18.5 Å². The number of amides is 2. The minimum absolute atomic E-state index is 0.0706. The van der Waals surface area contributed by atoms with Gasteiger partial charge in [0.05, 0.1) is 12.3 Å². The Morgan fingerprint density at radius 3 is 2.69 bits per heavy atom. The molecule has 0 spiro atoms. The van der Waals surface area contributed by atoms with Gasteiger partial charge in [-0.3, -0.25) is 9.59 Å². The van der Waals surface area contributed by atoms with E-state index in [2.05, 4.69) is 17.4 Å². The zero-order chi connectivity index (χ0) is 20.5. The third-order valence-corrected chi connectivity index (χ3v) is 4.80. The highest BCUT2D eigenvalue weighted by Crippen LogP contribution is 2.33. The van der Waals surface area contributed by atoms with Crippen molar-refractivity contribution in [2.24, 2.45) is 0 Å². The van der Waals surface area contributed by atoms with Gasteiger partial charge in [0, 0.05) is 26.1 Å². The fraction of sp³-hybridized carbons (Fsp3) is 0.391. The van der Waals surface area contributed by atoms with Crippen molar-refractivity contribution in [2.75, 3.05) is 31.2 Å². The standard InChI is InChI=1S/C23H28N2O4/c1-18-23(27)25(20-10-5-6-11-21(20)29-18)15-12-22(26)24-14-7-16-28-17-13-19-8-3-2-4-9-19/h2-6,8-11,18H,7,12-17H2,1H3,(H,24,26). The summed E-state index contributed by atoms with van der Waals surface area (Å²) in [6.45, 7) is 3.91. The van der Waals surface area contributed by atoms with Crippen LogP contribution in [0.4, 0.5) is 5.69 Å². The second kappa shape index (κ2) is 10.6. The SMILES string of the molecule is CC1Oc2ccccc2N(CCC(=O)NCCCOCCc2ccccc2)C1=O. The van der Waals surface area contributed by atoms with Crippen LogP contribution in [0.1, 0.15) is 25.3 Å². The Hall–Kier alpha value is -2.86. The molecular weight excluding hydrogens is 368 g/mol. The molecule has 29 heavy (non-hydrogen) atoms. The predicted octanol–water partition coefficient (Wildman–Crippen LogP) is 2.96. The van der Waals surface area contributed by atoms with Gasteiger partial charge in [-0.2, -0.15) is 0 Å². The Kier molecular flexibility index (Phi) is 7.64. The van der Waals surface area contributed by atoms with Gasteiger partial charge in [-0.15, -0.1) is 0 Å². The molecule has 1 aliphatic rings. The van der Waals surface area contributed by atoms with Gasteiger partial charge in [0.2, 0.25) is 5.91 Å². The summed E-state index contributed by atoms with van der Waals surface area (Å²) in [4.78, 5) is 26.2. The van der Waals surface area contributed by atoms with Crippen LogP contribution in [0.2, 0.25) is 0 Å². The number of hydrogen-bond donors (Lipinski definition) is 1. The van der Waals surface area contributed by atoms with Crippen molar-refractivity contribution >= 4 is 17.5 Å². The molecule has 1 heterocycles. The van der Waals surface area contributed by atoms with Gasteiger partial charge in [0.25, 0.3) is 5.91 Å². The number of carbonyl (C=O) groups is 2. The van der Waals surface area contributed by atoms with E-state index in [4.69, 9.17) is 9.47 Å². The molecule has 1 atom stereocenters. The van der Waals surface area contributed by atoms with Crippen LogP contribution in [0.25, 0.3) is 0 Å². The Morgan fingerprint density at radius 1 is 1.10 bits per heavy atom. The van der Waals surface area contributed by atoms with E-state index in [1.807, 2.05) is 42.5 Å². The smallest absolute Gasteiger partial charge is 0.267 e. The van der Waals surface area contributed by atoms with E-state index in [1.165, 1.54) is 5.56 Å². The quantitative estimate of drug-likeness (QED) is 0.627. The normalized spacial score (nSPS) is 15.6.